The molecule has 5 rings (SSSR count). The van der Waals surface area contributed by atoms with Gasteiger partial charge in [-0.3, -0.25) is 14.3 Å². The number of benzene rings is 3. The Balaban J connectivity index is 1.28. The maximum atomic E-state index is 13.9. The molecule has 0 spiro atoms. The molecule has 1 fully saturated rings. The van der Waals surface area contributed by atoms with Gasteiger partial charge in [-0.2, -0.15) is 0 Å². The number of piperidine rings is 1. The number of anilines is 1. The van der Waals surface area contributed by atoms with Crippen LogP contribution in [0.3, 0.4) is 0 Å². The van der Waals surface area contributed by atoms with Crippen molar-refractivity contribution in [3.63, 3.8) is 0 Å². The van der Waals surface area contributed by atoms with E-state index in [4.69, 9.17) is 4.98 Å². The van der Waals surface area contributed by atoms with Crippen LogP contribution < -0.4 is 5.32 Å². The number of rotatable bonds is 5. The Morgan fingerprint density at radius 1 is 1.03 bits per heavy atom. The molecule has 34 heavy (non-hydrogen) atoms. The molecular formula is C26H23BrF2N4O. The fourth-order valence-corrected chi connectivity index (χ4v) is 4.70. The summed E-state index contributed by atoms with van der Waals surface area (Å²) in [6.07, 6.45) is 1.32. The largest absolute Gasteiger partial charge is 0.323 e. The molecule has 0 aliphatic carbocycles. The lowest BCUT2D eigenvalue weighted by Gasteiger charge is -2.31. The predicted octanol–water partition coefficient (Wildman–Crippen LogP) is 5.92. The van der Waals surface area contributed by atoms with Crippen molar-refractivity contribution in [3.8, 4) is 5.69 Å². The van der Waals surface area contributed by atoms with Crippen LogP contribution in [0.15, 0.2) is 71.2 Å². The number of fused-ring (bicyclic) bond motifs is 1. The highest BCUT2D eigenvalue weighted by molar-refractivity contribution is 9.10. The number of halogens is 3. The summed E-state index contributed by atoms with van der Waals surface area (Å²) in [5, 5.41) is 2.61. The Hall–Kier alpha value is -3.10. The molecule has 3 aromatic carbocycles. The monoisotopic (exact) mass is 524 g/mol. The Labute approximate surface area is 204 Å². The van der Waals surface area contributed by atoms with E-state index in [1.54, 1.807) is 0 Å². The number of carbonyl (C=O) groups excluding carboxylic acids is 1. The summed E-state index contributed by atoms with van der Waals surface area (Å²) in [4.78, 5) is 19.8. The normalized spacial score (nSPS) is 15.0. The number of likely N-dealkylation sites (tertiary alicyclic amines) is 1. The van der Waals surface area contributed by atoms with Gasteiger partial charge in [0.1, 0.15) is 17.5 Å². The molecule has 1 aromatic heterocycles. The van der Waals surface area contributed by atoms with Crippen molar-refractivity contribution in [2.75, 3.05) is 18.4 Å². The highest BCUT2D eigenvalue weighted by atomic mass is 79.9. The van der Waals surface area contributed by atoms with Gasteiger partial charge in [0.25, 0.3) is 0 Å². The molecule has 1 aliphatic rings. The summed E-state index contributed by atoms with van der Waals surface area (Å²) in [5.74, 6) is -0.936. The third-order valence-corrected chi connectivity index (χ3v) is 6.76. The number of para-hydroxylation sites is 2. The van der Waals surface area contributed by atoms with E-state index >= 15 is 0 Å². The molecular weight excluding hydrogens is 502 g/mol. The average molecular weight is 525 g/mol. The molecule has 0 atom stereocenters. The number of amides is 1. The first-order valence-electron chi connectivity index (χ1n) is 11.2. The third-order valence-electron chi connectivity index (χ3n) is 6.23. The van der Waals surface area contributed by atoms with E-state index in [9.17, 15) is 13.6 Å². The van der Waals surface area contributed by atoms with Crippen molar-refractivity contribution >= 4 is 38.6 Å². The molecule has 4 aromatic rings. The molecule has 174 valence electrons. The lowest BCUT2D eigenvalue weighted by molar-refractivity contribution is -0.121. The summed E-state index contributed by atoms with van der Waals surface area (Å²) < 4.78 is 30.2. The van der Waals surface area contributed by atoms with Crippen molar-refractivity contribution in [1.29, 1.82) is 0 Å². The van der Waals surface area contributed by atoms with Gasteiger partial charge in [0.2, 0.25) is 5.91 Å². The van der Waals surface area contributed by atoms with Gasteiger partial charge in [0, 0.05) is 22.1 Å². The van der Waals surface area contributed by atoms with Gasteiger partial charge in [-0.25, -0.2) is 13.8 Å². The minimum Gasteiger partial charge on any atom is -0.323 e. The molecule has 0 radical (unpaired) electrons. The van der Waals surface area contributed by atoms with Gasteiger partial charge < -0.3 is 5.32 Å². The smallest absolute Gasteiger partial charge is 0.227 e. The summed E-state index contributed by atoms with van der Waals surface area (Å²) in [7, 11) is 0. The number of hydrogen-bond acceptors (Lipinski definition) is 3. The number of hydrogen-bond donors (Lipinski definition) is 1. The molecule has 0 unspecified atom stereocenters. The average Bonchev–Trinajstić information content (AvgIpc) is 3.19. The summed E-state index contributed by atoms with van der Waals surface area (Å²) in [6.45, 7) is 2.12. The lowest BCUT2D eigenvalue weighted by Crippen LogP contribution is -2.38. The van der Waals surface area contributed by atoms with E-state index in [1.807, 2.05) is 30.3 Å². The Morgan fingerprint density at radius 3 is 2.50 bits per heavy atom. The van der Waals surface area contributed by atoms with Crippen LogP contribution in [0.1, 0.15) is 18.7 Å². The van der Waals surface area contributed by atoms with Crippen LogP contribution in [0.25, 0.3) is 16.7 Å². The van der Waals surface area contributed by atoms with Gasteiger partial charge in [0.05, 0.1) is 23.3 Å². The second-order valence-corrected chi connectivity index (χ2v) is 9.41. The van der Waals surface area contributed by atoms with Crippen LogP contribution in [0.5, 0.6) is 0 Å². The molecule has 1 aliphatic heterocycles. The first-order chi connectivity index (χ1) is 16.5. The van der Waals surface area contributed by atoms with E-state index < -0.39 is 11.6 Å². The zero-order valence-electron chi connectivity index (χ0n) is 18.3. The Bertz CT molecular complexity index is 1330. The van der Waals surface area contributed by atoms with Gasteiger partial charge in [0.15, 0.2) is 0 Å². The van der Waals surface area contributed by atoms with Crippen LogP contribution >= 0.6 is 15.9 Å². The van der Waals surface area contributed by atoms with Crippen molar-refractivity contribution in [2.45, 2.75) is 19.4 Å². The van der Waals surface area contributed by atoms with Gasteiger partial charge in [-0.1, -0.05) is 28.1 Å². The zero-order valence-corrected chi connectivity index (χ0v) is 19.9. The molecule has 1 amide bonds. The number of imidazole rings is 1. The quantitative estimate of drug-likeness (QED) is 0.352. The van der Waals surface area contributed by atoms with E-state index in [0.717, 1.165) is 52.2 Å². The fraction of sp³-hybridized carbons (Fsp3) is 0.231. The summed E-state index contributed by atoms with van der Waals surface area (Å²) >= 11 is 3.50. The van der Waals surface area contributed by atoms with Crippen LogP contribution in [-0.4, -0.2) is 33.4 Å². The number of nitrogens with one attached hydrogen (secondary N) is 1. The third kappa shape index (κ3) is 4.74. The van der Waals surface area contributed by atoms with E-state index in [-0.39, 0.29) is 17.5 Å². The van der Waals surface area contributed by atoms with Gasteiger partial charge >= 0.3 is 0 Å². The molecule has 0 bridgehead atoms. The van der Waals surface area contributed by atoms with Gasteiger partial charge in [-0.05, 0) is 74.5 Å². The maximum Gasteiger partial charge on any atom is 0.227 e. The van der Waals surface area contributed by atoms with E-state index in [1.165, 1.54) is 6.07 Å². The van der Waals surface area contributed by atoms with Crippen LogP contribution in [0.4, 0.5) is 14.5 Å². The minimum atomic E-state index is -0.766. The standard InChI is InChI=1S/C26H23BrF2N4O/c27-18-5-8-20(9-6-18)33-24-4-2-1-3-23(24)30-25(33)16-32-13-11-17(12-14-32)26(34)31-22-10-7-19(28)15-21(22)29/h1-10,15,17H,11-14,16H2,(H,31,34). The molecule has 1 saturated heterocycles. The molecule has 2 heterocycles. The van der Waals surface area contributed by atoms with Crippen LogP contribution in [0.2, 0.25) is 0 Å². The van der Waals surface area contributed by atoms with Crippen molar-refractivity contribution in [3.05, 3.63) is 88.7 Å². The van der Waals surface area contributed by atoms with Crippen molar-refractivity contribution < 1.29 is 13.6 Å². The Kier molecular flexibility index (Phi) is 6.43. The highest BCUT2D eigenvalue weighted by Gasteiger charge is 2.27. The van der Waals surface area contributed by atoms with Gasteiger partial charge in [-0.15, -0.1) is 0 Å². The lowest BCUT2D eigenvalue weighted by atomic mass is 9.95. The first kappa shape index (κ1) is 22.7. The van der Waals surface area contributed by atoms with Crippen molar-refractivity contribution in [1.82, 2.24) is 14.5 Å². The second-order valence-electron chi connectivity index (χ2n) is 8.49. The fourth-order valence-electron chi connectivity index (χ4n) is 4.44. The maximum absolute atomic E-state index is 13.9. The molecule has 1 N–H and O–H groups in total. The predicted molar refractivity (Wildman–Crippen MR) is 132 cm³/mol. The summed E-state index contributed by atoms with van der Waals surface area (Å²) in [5.41, 5.74) is 3.05. The minimum absolute atomic E-state index is 0.0112. The topological polar surface area (TPSA) is 50.2 Å². The van der Waals surface area contributed by atoms with E-state index in [2.05, 4.69) is 48.9 Å². The highest BCUT2D eigenvalue weighted by Crippen LogP contribution is 2.26. The van der Waals surface area contributed by atoms with Crippen LogP contribution in [0, 0.1) is 17.6 Å². The SMILES string of the molecule is O=C(Nc1ccc(F)cc1F)C1CCN(Cc2nc3ccccc3n2-c2ccc(Br)cc2)CC1. The summed E-state index contributed by atoms with van der Waals surface area (Å²) in [6, 6.07) is 19.4. The van der Waals surface area contributed by atoms with Crippen LogP contribution in [-0.2, 0) is 11.3 Å². The number of carbonyl (C=O) groups is 1. The molecule has 8 heteroatoms. The van der Waals surface area contributed by atoms with E-state index in [0.29, 0.717) is 19.4 Å². The second kappa shape index (κ2) is 9.64. The van der Waals surface area contributed by atoms with Crippen molar-refractivity contribution in [2.24, 2.45) is 5.92 Å². The number of nitrogens with zero attached hydrogens (tertiary/aromatic N) is 3. The number of aromatic nitrogens is 2. The first-order valence-corrected chi connectivity index (χ1v) is 12.0. The molecule has 0 saturated carbocycles. The zero-order chi connectivity index (χ0) is 23.7. The Morgan fingerprint density at radius 2 is 1.76 bits per heavy atom. The molecule has 5 nitrogen and oxygen atoms in total.